The molecular weight excluding hydrogens is 194 g/mol. The molecule has 2 unspecified atom stereocenters. The van der Waals surface area contributed by atoms with Crippen LogP contribution in [0, 0.1) is 0 Å². The van der Waals surface area contributed by atoms with Crippen LogP contribution in [0.4, 0.5) is 0 Å². The van der Waals surface area contributed by atoms with Crippen LogP contribution >= 0.6 is 0 Å². The van der Waals surface area contributed by atoms with Gasteiger partial charge in [0.05, 0.1) is 12.7 Å². The Kier molecular flexibility index (Phi) is 3.18. The lowest BCUT2D eigenvalue weighted by atomic mass is 10.2. The summed E-state index contributed by atoms with van der Waals surface area (Å²) in [6, 6.07) is 5.13. The van der Waals surface area contributed by atoms with Crippen molar-refractivity contribution in [2.75, 3.05) is 13.7 Å². The molecule has 1 aromatic heterocycles. The Morgan fingerprint density at radius 2 is 2.40 bits per heavy atom. The summed E-state index contributed by atoms with van der Waals surface area (Å²) in [4.78, 5) is 11.5. The van der Waals surface area contributed by atoms with E-state index in [1.807, 2.05) is 6.07 Å². The molecule has 0 aromatic carbocycles. The van der Waals surface area contributed by atoms with Crippen molar-refractivity contribution in [2.45, 2.75) is 25.2 Å². The molecule has 0 amide bonds. The first-order valence-electron chi connectivity index (χ1n) is 5.13. The van der Waals surface area contributed by atoms with E-state index in [9.17, 15) is 4.79 Å². The van der Waals surface area contributed by atoms with Crippen molar-refractivity contribution in [3.05, 3.63) is 34.7 Å². The van der Waals surface area contributed by atoms with Crippen molar-refractivity contribution in [1.82, 2.24) is 4.57 Å². The molecule has 1 saturated heterocycles. The summed E-state index contributed by atoms with van der Waals surface area (Å²) >= 11 is 0. The molecule has 0 spiro atoms. The average Bonchev–Trinajstić information content (AvgIpc) is 2.68. The van der Waals surface area contributed by atoms with Gasteiger partial charge in [-0.15, -0.1) is 0 Å². The van der Waals surface area contributed by atoms with Gasteiger partial charge < -0.3 is 9.47 Å². The molecule has 4 nitrogen and oxygen atoms in total. The van der Waals surface area contributed by atoms with Crippen LogP contribution in [0.2, 0.25) is 0 Å². The molecule has 1 aliphatic rings. The molecule has 2 heterocycles. The van der Waals surface area contributed by atoms with E-state index in [1.165, 1.54) is 0 Å². The van der Waals surface area contributed by atoms with Crippen molar-refractivity contribution in [3.63, 3.8) is 0 Å². The summed E-state index contributed by atoms with van der Waals surface area (Å²) in [5, 5.41) is 0. The molecule has 0 radical (unpaired) electrons. The van der Waals surface area contributed by atoms with Gasteiger partial charge in [0.1, 0.15) is 6.23 Å². The second-order valence-corrected chi connectivity index (χ2v) is 3.69. The van der Waals surface area contributed by atoms with Gasteiger partial charge in [-0.2, -0.15) is 0 Å². The third kappa shape index (κ3) is 2.27. The molecule has 82 valence electrons. The summed E-state index contributed by atoms with van der Waals surface area (Å²) < 4.78 is 12.4. The first-order valence-corrected chi connectivity index (χ1v) is 5.13. The van der Waals surface area contributed by atoms with Crippen molar-refractivity contribution in [3.8, 4) is 0 Å². The quantitative estimate of drug-likeness (QED) is 0.750. The van der Waals surface area contributed by atoms with Gasteiger partial charge in [0.15, 0.2) is 0 Å². The normalized spacial score (nSPS) is 25.7. The van der Waals surface area contributed by atoms with E-state index in [-0.39, 0.29) is 17.9 Å². The lowest BCUT2D eigenvalue weighted by molar-refractivity contribution is -0.0329. The lowest BCUT2D eigenvalue weighted by Crippen LogP contribution is -2.24. The predicted molar refractivity (Wildman–Crippen MR) is 55.7 cm³/mol. The van der Waals surface area contributed by atoms with Gasteiger partial charge in [-0.3, -0.25) is 9.36 Å². The summed E-state index contributed by atoms with van der Waals surface area (Å²) in [5.41, 5.74) is -0.0134. The SMILES string of the molecule is COCC1CCC(n2ccccc2=O)O1. The highest BCUT2D eigenvalue weighted by Crippen LogP contribution is 2.26. The maximum Gasteiger partial charge on any atom is 0.252 e. The topological polar surface area (TPSA) is 40.5 Å². The van der Waals surface area contributed by atoms with Crippen LogP contribution in [0.5, 0.6) is 0 Å². The van der Waals surface area contributed by atoms with Crippen molar-refractivity contribution >= 4 is 0 Å². The molecule has 2 atom stereocenters. The van der Waals surface area contributed by atoms with E-state index >= 15 is 0 Å². The van der Waals surface area contributed by atoms with Gasteiger partial charge in [-0.25, -0.2) is 0 Å². The standard InChI is InChI=1S/C11H15NO3/c1-14-8-9-5-6-11(15-9)12-7-3-2-4-10(12)13/h2-4,7,9,11H,5-6,8H2,1H3. The Morgan fingerprint density at radius 3 is 3.13 bits per heavy atom. The number of rotatable bonds is 3. The molecular formula is C11H15NO3. The highest BCUT2D eigenvalue weighted by Gasteiger charge is 2.26. The minimum Gasteiger partial charge on any atom is -0.382 e. The largest absolute Gasteiger partial charge is 0.382 e. The van der Waals surface area contributed by atoms with Crippen LogP contribution < -0.4 is 5.56 Å². The third-order valence-electron chi connectivity index (χ3n) is 2.60. The highest BCUT2D eigenvalue weighted by atomic mass is 16.5. The molecule has 0 bridgehead atoms. The Morgan fingerprint density at radius 1 is 1.53 bits per heavy atom. The number of methoxy groups -OCH3 is 1. The van der Waals surface area contributed by atoms with Crippen LogP contribution in [0.1, 0.15) is 19.1 Å². The summed E-state index contributed by atoms with van der Waals surface area (Å²) in [6.45, 7) is 0.595. The molecule has 1 aliphatic heterocycles. The fourth-order valence-electron chi connectivity index (χ4n) is 1.88. The molecule has 1 aromatic rings. The Hall–Kier alpha value is -1.13. The average molecular weight is 209 g/mol. The van der Waals surface area contributed by atoms with Crippen molar-refractivity contribution < 1.29 is 9.47 Å². The van der Waals surface area contributed by atoms with Gasteiger partial charge >= 0.3 is 0 Å². The first kappa shape index (κ1) is 10.4. The van der Waals surface area contributed by atoms with Gasteiger partial charge in [-0.1, -0.05) is 6.07 Å². The summed E-state index contributed by atoms with van der Waals surface area (Å²) in [6.07, 6.45) is 3.57. The molecule has 0 saturated carbocycles. The predicted octanol–water partition coefficient (Wildman–Crippen LogP) is 1.17. The minimum absolute atomic E-state index is 0.0134. The Balaban J connectivity index is 2.08. The van der Waals surface area contributed by atoms with E-state index in [2.05, 4.69) is 0 Å². The Labute approximate surface area is 88.4 Å². The summed E-state index contributed by atoms with van der Waals surface area (Å²) in [7, 11) is 1.66. The van der Waals surface area contributed by atoms with Gasteiger partial charge in [0, 0.05) is 19.4 Å². The van der Waals surface area contributed by atoms with Gasteiger partial charge in [0.25, 0.3) is 5.56 Å². The van der Waals surface area contributed by atoms with Crippen molar-refractivity contribution in [2.24, 2.45) is 0 Å². The number of nitrogens with zero attached hydrogens (tertiary/aromatic N) is 1. The van der Waals surface area contributed by atoms with Gasteiger partial charge in [-0.05, 0) is 18.9 Å². The molecule has 0 aliphatic carbocycles. The monoisotopic (exact) mass is 209 g/mol. The van der Waals surface area contributed by atoms with E-state index < -0.39 is 0 Å². The third-order valence-corrected chi connectivity index (χ3v) is 2.60. The Bertz CT molecular complexity index is 374. The van der Waals surface area contributed by atoms with E-state index in [0.29, 0.717) is 6.61 Å². The second kappa shape index (κ2) is 4.59. The number of ether oxygens (including phenoxy) is 2. The molecule has 15 heavy (non-hydrogen) atoms. The van der Waals surface area contributed by atoms with Crippen LogP contribution in [0.15, 0.2) is 29.2 Å². The second-order valence-electron chi connectivity index (χ2n) is 3.69. The van der Waals surface area contributed by atoms with E-state index in [4.69, 9.17) is 9.47 Å². The number of hydrogen-bond donors (Lipinski definition) is 0. The van der Waals surface area contributed by atoms with Crippen LogP contribution in [0.3, 0.4) is 0 Å². The molecule has 1 fully saturated rings. The van der Waals surface area contributed by atoms with Crippen LogP contribution in [-0.2, 0) is 9.47 Å². The van der Waals surface area contributed by atoms with Gasteiger partial charge in [0.2, 0.25) is 0 Å². The maximum atomic E-state index is 11.5. The zero-order valence-electron chi connectivity index (χ0n) is 8.76. The molecule has 2 rings (SSSR count). The van der Waals surface area contributed by atoms with E-state index in [1.54, 1.807) is 30.0 Å². The first-order chi connectivity index (χ1) is 7.31. The minimum atomic E-state index is -0.126. The zero-order valence-corrected chi connectivity index (χ0v) is 8.76. The van der Waals surface area contributed by atoms with Crippen LogP contribution in [-0.4, -0.2) is 24.4 Å². The zero-order chi connectivity index (χ0) is 10.7. The van der Waals surface area contributed by atoms with Crippen molar-refractivity contribution in [1.29, 1.82) is 0 Å². The highest BCUT2D eigenvalue weighted by molar-refractivity contribution is 4.94. The molecule has 0 N–H and O–H groups in total. The lowest BCUT2D eigenvalue weighted by Gasteiger charge is -2.15. The van der Waals surface area contributed by atoms with Crippen LogP contribution in [0.25, 0.3) is 0 Å². The van der Waals surface area contributed by atoms with E-state index in [0.717, 1.165) is 12.8 Å². The number of hydrogen-bond acceptors (Lipinski definition) is 3. The smallest absolute Gasteiger partial charge is 0.252 e. The fraction of sp³-hybridized carbons (Fsp3) is 0.545. The fourth-order valence-corrected chi connectivity index (χ4v) is 1.88. The summed E-state index contributed by atoms with van der Waals surface area (Å²) in [5.74, 6) is 0. The number of pyridine rings is 1. The number of aromatic nitrogens is 1. The maximum absolute atomic E-state index is 11.5. The molecule has 4 heteroatoms.